The van der Waals surface area contributed by atoms with Crippen LogP contribution in [0.4, 0.5) is 10.2 Å². The maximum Gasteiger partial charge on any atom is 0.143 e. The van der Waals surface area contributed by atoms with E-state index in [0.29, 0.717) is 11.5 Å². The van der Waals surface area contributed by atoms with Gasteiger partial charge in [-0.1, -0.05) is 44.2 Å². The first-order valence-electron chi connectivity index (χ1n) is 7.10. The lowest BCUT2D eigenvalue weighted by Gasteiger charge is -2.10. The summed E-state index contributed by atoms with van der Waals surface area (Å²) in [4.78, 5) is 8.13. The van der Waals surface area contributed by atoms with Gasteiger partial charge in [0.15, 0.2) is 0 Å². The lowest BCUT2D eigenvalue weighted by Crippen LogP contribution is -2.10. The molecule has 1 N–H and O–H groups in total. The second-order valence-corrected chi connectivity index (χ2v) is 5.28. The molecule has 21 heavy (non-hydrogen) atoms. The summed E-state index contributed by atoms with van der Waals surface area (Å²) in [6.45, 7) is 6.25. The first-order chi connectivity index (χ1) is 10.2. The topological polar surface area (TPSA) is 37.8 Å². The number of nitrogens with zero attached hydrogens (tertiary/aromatic N) is 2. The van der Waals surface area contributed by atoms with Gasteiger partial charge in [0, 0.05) is 6.54 Å². The van der Waals surface area contributed by atoms with Crippen molar-refractivity contribution in [3.8, 4) is 0 Å². The number of rotatable bonds is 5. The van der Waals surface area contributed by atoms with Gasteiger partial charge < -0.3 is 5.32 Å². The highest BCUT2D eigenvalue weighted by Gasteiger charge is 2.13. The Kier molecular flexibility index (Phi) is 8.19. The van der Waals surface area contributed by atoms with E-state index in [1.54, 1.807) is 0 Å². The molecule has 0 spiro atoms. The normalized spacial score (nSPS) is 11.3. The summed E-state index contributed by atoms with van der Waals surface area (Å²) in [5, 5.41) is 3.23. The standard InChI is InChI=1S/C14H15FIN3.C2H6/c1-10(15)13-12(16)14(19-9-18-13)17-8-7-11-5-3-2-4-6-11;1-2/h2-6,9-10H,7-8H2,1H3,(H,17,18,19);1-2H3. The van der Waals surface area contributed by atoms with Crippen LogP contribution in [-0.4, -0.2) is 16.5 Å². The minimum atomic E-state index is -1.08. The summed E-state index contributed by atoms with van der Waals surface area (Å²) in [6.07, 6.45) is 1.23. The van der Waals surface area contributed by atoms with E-state index in [-0.39, 0.29) is 0 Å². The molecule has 2 aromatic rings. The highest BCUT2D eigenvalue weighted by atomic mass is 127. The number of alkyl halides is 1. The Morgan fingerprint density at radius 3 is 2.48 bits per heavy atom. The second kappa shape index (κ2) is 9.65. The number of hydrogen-bond acceptors (Lipinski definition) is 3. The van der Waals surface area contributed by atoms with E-state index < -0.39 is 6.17 Å². The van der Waals surface area contributed by atoms with Gasteiger partial charge in [-0.2, -0.15) is 0 Å². The molecule has 1 aromatic heterocycles. The number of halogens is 2. The van der Waals surface area contributed by atoms with E-state index in [0.717, 1.165) is 16.5 Å². The van der Waals surface area contributed by atoms with E-state index in [1.165, 1.54) is 18.8 Å². The van der Waals surface area contributed by atoms with Gasteiger partial charge in [-0.05, 0) is 41.5 Å². The predicted octanol–water partition coefficient (Wildman–Crippen LogP) is 4.79. The molecular formula is C16H21FIN3. The van der Waals surface area contributed by atoms with Crippen LogP contribution in [0.5, 0.6) is 0 Å². The molecule has 2 rings (SSSR count). The molecule has 0 radical (unpaired) electrons. The van der Waals surface area contributed by atoms with Crippen molar-refractivity contribution in [2.45, 2.75) is 33.4 Å². The number of anilines is 1. The molecule has 0 aliphatic carbocycles. The van der Waals surface area contributed by atoms with Crippen LogP contribution in [0.15, 0.2) is 36.7 Å². The van der Waals surface area contributed by atoms with Gasteiger partial charge in [0.1, 0.15) is 18.3 Å². The molecule has 0 aliphatic rings. The third-order valence-electron chi connectivity index (χ3n) is 2.74. The Labute approximate surface area is 139 Å². The zero-order valence-electron chi connectivity index (χ0n) is 12.6. The van der Waals surface area contributed by atoms with Gasteiger partial charge >= 0.3 is 0 Å². The van der Waals surface area contributed by atoms with Crippen molar-refractivity contribution in [2.75, 3.05) is 11.9 Å². The molecule has 0 saturated heterocycles. The summed E-state index contributed by atoms with van der Waals surface area (Å²) in [7, 11) is 0. The van der Waals surface area contributed by atoms with Crippen LogP contribution >= 0.6 is 22.6 Å². The molecule has 1 atom stereocenters. The van der Waals surface area contributed by atoms with Gasteiger partial charge in [0.2, 0.25) is 0 Å². The average molecular weight is 401 g/mol. The molecule has 0 aliphatic heterocycles. The van der Waals surface area contributed by atoms with Crippen molar-refractivity contribution in [1.82, 2.24) is 9.97 Å². The first-order valence-corrected chi connectivity index (χ1v) is 8.18. The molecule has 1 aromatic carbocycles. The molecule has 0 amide bonds. The predicted molar refractivity (Wildman–Crippen MR) is 94.3 cm³/mol. The summed E-state index contributed by atoms with van der Waals surface area (Å²) >= 11 is 2.08. The number of hydrogen-bond donors (Lipinski definition) is 1. The third-order valence-corrected chi connectivity index (χ3v) is 3.81. The quantitative estimate of drug-likeness (QED) is 0.732. The van der Waals surface area contributed by atoms with Crippen LogP contribution in [0, 0.1) is 3.57 Å². The van der Waals surface area contributed by atoms with Crippen LogP contribution in [0.25, 0.3) is 0 Å². The fraction of sp³-hybridized carbons (Fsp3) is 0.375. The molecule has 0 fully saturated rings. The van der Waals surface area contributed by atoms with Crippen LogP contribution in [0.3, 0.4) is 0 Å². The summed E-state index contributed by atoms with van der Waals surface area (Å²) in [5.41, 5.74) is 1.70. The lowest BCUT2D eigenvalue weighted by atomic mass is 10.1. The Balaban J connectivity index is 0.00000106. The van der Waals surface area contributed by atoms with Crippen molar-refractivity contribution in [2.24, 2.45) is 0 Å². The Bertz CT molecular complexity index is 532. The van der Waals surface area contributed by atoms with Crippen LogP contribution in [-0.2, 0) is 6.42 Å². The molecule has 0 bridgehead atoms. The van der Waals surface area contributed by atoms with Crippen molar-refractivity contribution in [1.29, 1.82) is 0 Å². The maximum atomic E-state index is 13.3. The molecule has 5 heteroatoms. The zero-order chi connectivity index (χ0) is 15.7. The molecule has 1 heterocycles. The van der Waals surface area contributed by atoms with Crippen LogP contribution in [0.1, 0.15) is 38.2 Å². The van der Waals surface area contributed by atoms with E-state index in [2.05, 4.69) is 50.0 Å². The molecule has 3 nitrogen and oxygen atoms in total. The number of nitrogens with one attached hydrogen (secondary N) is 1. The fourth-order valence-electron chi connectivity index (χ4n) is 1.75. The van der Waals surface area contributed by atoms with E-state index in [1.807, 2.05) is 32.0 Å². The van der Waals surface area contributed by atoms with Crippen LogP contribution < -0.4 is 5.32 Å². The first kappa shape index (κ1) is 17.8. The van der Waals surface area contributed by atoms with Crippen molar-refractivity contribution in [3.05, 3.63) is 51.5 Å². The Hall–Kier alpha value is -1.24. The van der Waals surface area contributed by atoms with E-state index in [4.69, 9.17) is 0 Å². The maximum absolute atomic E-state index is 13.3. The average Bonchev–Trinajstić information content (AvgIpc) is 2.52. The minimum absolute atomic E-state index is 0.442. The summed E-state index contributed by atoms with van der Waals surface area (Å²) in [6, 6.07) is 10.2. The number of aromatic nitrogens is 2. The third kappa shape index (κ3) is 5.57. The minimum Gasteiger partial charge on any atom is -0.369 e. The molecule has 114 valence electrons. The monoisotopic (exact) mass is 401 g/mol. The van der Waals surface area contributed by atoms with Gasteiger partial charge in [0.25, 0.3) is 0 Å². The van der Waals surface area contributed by atoms with Crippen molar-refractivity contribution >= 4 is 28.4 Å². The number of benzene rings is 1. The molecule has 1 unspecified atom stereocenters. The molecule has 0 saturated carbocycles. The van der Waals surface area contributed by atoms with Crippen molar-refractivity contribution in [3.63, 3.8) is 0 Å². The smallest absolute Gasteiger partial charge is 0.143 e. The summed E-state index contributed by atoms with van der Waals surface area (Å²) < 4.78 is 14.1. The fourth-order valence-corrected chi connectivity index (χ4v) is 2.65. The lowest BCUT2D eigenvalue weighted by molar-refractivity contribution is 0.364. The van der Waals surface area contributed by atoms with Gasteiger partial charge in [-0.25, -0.2) is 14.4 Å². The van der Waals surface area contributed by atoms with Crippen molar-refractivity contribution < 1.29 is 4.39 Å². The Morgan fingerprint density at radius 1 is 1.19 bits per heavy atom. The highest BCUT2D eigenvalue weighted by molar-refractivity contribution is 14.1. The molecular weight excluding hydrogens is 380 g/mol. The summed E-state index contributed by atoms with van der Waals surface area (Å²) in [5.74, 6) is 0.700. The van der Waals surface area contributed by atoms with E-state index in [9.17, 15) is 4.39 Å². The SMILES string of the molecule is CC.CC(F)c1ncnc(NCCc2ccccc2)c1I. The Morgan fingerprint density at radius 2 is 1.86 bits per heavy atom. The van der Waals surface area contributed by atoms with Crippen LogP contribution in [0.2, 0.25) is 0 Å². The van der Waals surface area contributed by atoms with E-state index >= 15 is 0 Å². The second-order valence-electron chi connectivity index (χ2n) is 4.20. The largest absolute Gasteiger partial charge is 0.369 e. The zero-order valence-corrected chi connectivity index (χ0v) is 14.8. The van der Waals surface area contributed by atoms with Gasteiger partial charge in [-0.15, -0.1) is 0 Å². The van der Waals surface area contributed by atoms with Gasteiger partial charge in [-0.3, -0.25) is 0 Å². The highest BCUT2D eigenvalue weighted by Crippen LogP contribution is 2.24. The van der Waals surface area contributed by atoms with Gasteiger partial charge in [0.05, 0.1) is 9.26 Å².